The van der Waals surface area contributed by atoms with Gasteiger partial charge in [0.15, 0.2) is 5.78 Å². The number of nitrogens with one attached hydrogen (secondary N) is 1. The lowest BCUT2D eigenvalue weighted by Crippen LogP contribution is -2.25. The fourth-order valence-corrected chi connectivity index (χ4v) is 4.65. The van der Waals surface area contributed by atoms with Crippen molar-refractivity contribution in [2.24, 2.45) is 0 Å². The van der Waals surface area contributed by atoms with Gasteiger partial charge in [-0.1, -0.05) is 80.5 Å². The van der Waals surface area contributed by atoms with Crippen molar-refractivity contribution in [2.75, 3.05) is 6.54 Å². The molecule has 0 aliphatic heterocycles. The Bertz CT molecular complexity index is 993. The zero-order valence-electron chi connectivity index (χ0n) is 18.1. The summed E-state index contributed by atoms with van der Waals surface area (Å²) in [4.78, 5) is 23.2. The molecule has 0 amide bonds. The van der Waals surface area contributed by atoms with Crippen LogP contribution >= 0.6 is 11.6 Å². The van der Waals surface area contributed by atoms with Gasteiger partial charge < -0.3 is 5.11 Å². The Morgan fingerprint density at radius 2 is 1.44 bits per heavy atom. The summed E-state index contributed by atoms with van der Waals surface area (Å²) in [5.41, 5.74) is 0.600. The summed E-state index contributed by atoms with van der Waals surface area (Å²) in [5.74, 6) is -1.07. The normalized spacial score (nSPS) is 11.4. The minimum Gasteiger partial charge on any atom is -0.481 e. The molecule has 32 heavy (non-hydrogen) atoms. The van der Waals surface area contributed by atoms with Crippen LogP contribution in [-0.2, 0) is 14.8 Å². The van der Waals surface area contributed by atoms with Crippen molar-refractivity contribution in [1.29, 1.82) is 0 Å². The van der Waals surface area contributed by atoms with Crippen molar-refractivity contribution in [2.45, 2.75) is 62.7 Å². The molecule has 2 N–H and O–H groups in total. The summed E-state index contributed by atoms with van der Waals surface area (Å²) in [6, 6.07) is 12.8. The first-order valence-electron chi connectivity index (χ1n) is 10.9. The zero-order valence-corrected chi connectivity index (χ0v) is 19.6. The molecule has 8 heteroatoms. The Hall–Kier alpha value is -2.22. The quantitative estimate of drug-likeness (QED) is 0.261. The predicted octanol–water partition coefficient (Wildman–Crippen LogP) is 5.44. The summed E-state index contributed by atoms with van der Waals surface area (Å²) in [6.45, 7) is 0.325. The van der Waals surface area contributed by atoms with E-state index in [1.807, 2.05) is 0 Å². The van der Waals surface area contributed by atoms with E-state index >= 15 is 0 Å². The van der Waals surface area contributed by atoms with Crippen LogP contribution in [-0.4, -0.2) is 31.8 Å². The lowest BCUT2D eigenvalue weighted by molar-refractivity contribution is -0.137. The Morgan fingerprint density at radius 1 is 0.844 bits per heavy atom. The van der Waals surface area contributed by atoms with E-state index in [0.29, 0.717) is 12.1 Å². The van der Waals surface area contributed by atoms with E-state index in [-0.39, 0.29) is 27.7 Å². The van der Waals surface area contributed by atoms with Gasteiger partial charge in [-0.3, -0.25) is 9.59 Å². The number of benzene rings is 2. The zero-order chi connectivity index (χ0) is 23.4. The largest absolute Gasteiger partial charge is 0.481 e. The number of halogens is 1. The summed E-state index contributed by atoms with van der Waals surface area (Å²) >= 11 is 6.16. The van der Waals surface area contributed by atoms with Crippen LogP contribution in [0.4, 0.5) is 0 Å². The van der Waals surface area contributed by atoms with E-state index < -0.39 is 16.0 Å². The molecule has 2 aromatic carbocycles. The van der Waals surface area contributed by atoms with E-state index in [2.05, 4.69) is 4.72 Å². The molecule has 0 unspecified atom stereocenters. The van der Waals surface area contributed by atoms with Gasteiger partial charge in [0.05, 0.1) is 9.92 Å². The van der Waals surface area contributed by atoms with Crippen molar-refractivity contribution < 1.29 is 23.1 Å². The number of unbranched alkanes of at least 4 members (excludes halogenated alkanes) is 7. The van der Waals surface area contributed by atoms with Crippen LogP contribution in [0.1, 0.15) is 73.7 Å². The highest BCUT2D eigenvalue weighted by atomic mass is 35.5. The van der Waals surface area contributed by atoms with Crippen LogP contribution in [0.5, 0.6) is 0 Å². The molecule has 0 heterocycles. The second-order valence-electron chi connectivity index (χ2n) is 7.71. The molecule has 174 valence electrons. The molecule has 0 radical (unpaired) electrons. The SMILES string of the molecule is O=C(O)CCCCCCCCCCNS(=O)(=O)c1ccc(Cl)c(C(=O)c2ccccc2)c1. The molecular formula is C24H30ClNO5S. The van der Waals surface area contributed by atoms with Crippen molar-refractivity contribution in [1.82, 2.24) is 4.72 Å². The lowest BCUT2D eigenvalue weighted by Gasteiger charge is -2.10. The first kappa shape index (κ1) is 26.0. The third kappa shape index (κ3) is 8.73. The molecule has 2 rings (SSSR count). The highest BCUT2D eigenvalue weighted by Gasteiger charge is 2.19. The second kappa shape index (κ2) is 13.4. The fraction of sp³-hybridized carbons (Fsp3) is 0.417. The number of carboxylic acid groups (broad SMARTS) is 1. The lowest BCUT2D eigenvalue weighted by atomic mass is 10.0. The monoisotopic (exact) mass is 479 g/mol. The molecule has 0 aliphatic carbocycles. The molecule has 0 aliphatic rings. The van der Waals surface area contributed by atoms with Crippen LogP contribution < -0.4 is 4.72 Å². The standard InChI is InChI=1S/C24H30ClNO5S/c25-22-16-15-20(18-21(22)24(29)19-12-8-7-9-13-19)32(30,31)26-17-11-6-4-2-1-3-5-10-14-23(27)28/h7-9,12-13,15-16,18,26H,1-6,10-11,14,17H2,(H,27,28). The van der Waals surface area contributed by atoms with Crippen LogP contribution in [0.15, 0.2) is 53.4 Å². The average Bonchev–Trinajstić information content (AvgIpc) is 2.77. The number of aliphatic carboxylic acids is 1. The minimum absolute atomic E-state index is 0.0162. The number of ketones is 1. The Kier molecular flexibility index (Phi) is 10.9. The first-order chi connectivity index (χ1) is 15.3. The topological polar surface area (TPSA) is 101 Å². The summed E-state index contributed by atoms with van der Waals surface area (Å²) < 4.78 is 27.9. The Balaban J connectivity index is 1.77. The molecule has 0 bridgehead atoms. The third-order valence-electron chi connectivity index (χ3n) is 5.14. The van der Waals surface area contributed by atoms with Gasteiger partial charge in [-0.15, -0.1) is 0 Å². The van der Waals surface area contributed by atoms with Gasteiger partial charge in [-0.2, -0.15) is 0 Å². The van der Waals surface area contributed by atoms with E-state index in [4.69, 9.17) is 16.7 Å². The number of carboxylic acids is 1. The highest BCUT2D eigenvalue weighted by Crippen LogP contribution is 2.23. The second-order valence-corrected chi connectivity index (χ2v) is 9.88. The number of sulfonamides is 1. The first-order valence-corrected chi connectivity index (χ1v) is 12.8. The smallest absolute Gasteiger partial charge is 0.303 e. The highest BCUT2D eigenvalue weighted by molar-refractivity contribution is 7.89. The molecule has 0 spiro atoms. The molecule has 0 fully saturated rings. The maximum Gasteiger partial charge on any atom is 0.303 e. The van der Waals surface area contributed by atoms with E-state index in [1.54, 1.807) is 30.3 Å². The Morgan fingerprint density at radius 3 is 2.06 bits per heavy atom. The average molecular weight is 480 g/mol. The molecule has 6 nitrogen and oxygen atoms in total. The van der Waals surface area contributed by atoms with Crippen LogP contribution in [0.2, 0.25) is 5.02 Å². The molecule has 0 aromatic heterocycles. The third-order valence-corrected chi connectivity index (χ3v) is 6.93. The summed E-state index contributed by atoms with van der Waals surface area (Å²) in [7, 11) is -3.74. The molecule has 0 saturated carbocycles. The number of rotatable bonds is 15. The van der Waals surface area contributed by atoms with Gasteiger partial charge in [0, 0.05) is 24.1 Å². The van der Waals surface area contributed by atoms with Gasteiger partial charge in [0.1, 0.15) is 0 Å². The summed E-state index contributed by atoms with van der Waals surface area (Å²) in [5, 5.41) is 8.80. The minimum atomic E-state index is -3.74. The molecule has 0 saturated heterocycles. The number of hydrogen-bond acceptors (Lipinski definition) is 4. The molecule has 0 atom stereocenters. The van der Waals surface area contributed by atoms with Crippen molar-refractivity contribution >= 4 is 33.4 Å². The molecular weight excluding hydrogens is 450 g/mol. The van der Waals surface area contributed by atoms with Crippen molar-refractivity contribution in [3.8, 4) is 0 Å². The maximum absolute atomic E-state index is 12.7. The van der Waals surface area contributed by atoms with Crippen LogP contribution in [0, 0.1) is 0 Å². The molecule has 2 aromatic rings. The Labute approximate surface area is 195 Å². The van der Waals surface area contributed by atoms with Gasteiger partial charge in [-0.05, 0) is 31.0 Å². The van der Waals surface area contributed by atoms with Gasteiger partial charge >= 0.3 is 5.97 Å². The van der Waals surface area contributed by atoms with Crippen LogP contribution in [0.3, 0.4) is 0 Å². The fourth-order valence-electron chi connectivity index (χ4n) is 3.34. The van der Waals surface area contributed by atoms with Gasteiger partial charge in [0.25, 0.3) is 0 Å². The van der Waals surface area contributed by atoms with Crippen molar-refractivity contribution in [3.63, 3.8) is 0 Å². The number of hydrogen-bond donors (Lipinski definition) is 2. The maximum atomic E-state index is 12.7. The van der Waals surface area contributed by atoms with Gasteiger partial charge in [-0.25, -0.2) is 13.1 Å². The van der Waals surface area contributed by atoms with Crippen LogP contribution in [0.25, 0.3) is 0 Å². The van der Waals surface area contributed by atoms with Crippen molar-refractivity contribution in [3.05, 3.63) is 64.7 Å². The summed E-state index contributed by atoms with van der Waals surface area (Å²) in [6.07, 6.45) is 7.68. The van der Waals surface area contributed by atoms with Gasteiger partial charge in [0.2, 0.25) is 10.0 Å². The van der Waals surface area contributed by atoms with E-state index in [9.17, 15) is 18.0 Å². The predicted molar refractivity (Wildman–Crippen MR) is 126 cm³/mol. The van der Waals surface area contributed by atoms with E-state index in [0.717, 1.165) is 51.4 Å². The number of carbonyl (C=O) groups is 2. The number of carbonyl (C=O) groups excluding carboxylic acids is 1. The van der Waals surface area contributed by atoms with E-state index in [1.165, 1.54) is 18.2 Å².